The lowest BCUT2D eigenvalue weighted by atomic mass is 10.0. The second kappa shape index (κ2) is 10.9. The van der Waals surface area contributed by atoms with Crippen molar-refractivity contribution in [3.63, 3.8) is 0 Å². The third-order valence-corrected chi connectivity index (χ3v) is 4.78. The van der Waals surface area contributed by atoms with Crippen molar-refractivity contribution in [1.29, 1.82) is 0 Å². The highest BCUT2D eigenvalue weighted by molar-refractivity contribution is 7.99. The van der Waals surface area contributed by atoms with E-state index in [1.165, 1.54) is 48.2 Å². The van der Waals surface area contributed by atoms with Gasteiger partial charge in [0.15, 0.2) is 5.78 Å². The average Bonchev–Trinajstić information content (AvgIpc) is 2.72. The number of thioether (sulfide) groups is 1. The molecule has 2 aromatic rings. The van der Waals surface area contributed by atoms with Gasteiger partial charge in [-0.1, -0.05) is 30.4 Å². The first-order valence-electron chi connectivity index (χ1n) is 8.52. The van der Waals surface area contributed by atoms with E-state index in [4.69, 9.17) is 5.11 Å². The van der Waals surface area contributed by atoms with Gasteiger partial charge in [-0.3, -0.25) is 25.0 Å². The highest BCUT2D eigenvalue weighted by Crippen LogP contribution is 2.19. The topological polar surface area (TPSA) is 124 Å². The van der Waals surface area contributed by atoms with Gasteiger partial charge in [-0.25, -0.2) is 0 Å². The highest BCUT2D eigenvalue weighted by atomic mass is 32.2. The Morgan fingerprint density at radius 3 is 2.34 bits per heavy atom. The van der Waals surface area contributed by atoms with Crippen LogP contribution in [0.4, 0.5) is 11.4 Å². The Labute approximate surface area is 170 Å². The van der Waals surface area contributed by atoms with E-state index in [0.29, 0.717) is 17.1 Å². The van der Waals surface area contributed by atoms with Gasteiger partial charge in [0.1, 0.15) is 0 Å². The maximum atomic E-state index is 12.8. The van der Waals surface area contributed by atoms with Gasteiger partial charge in [-0.15, -0.1) is 0 Å². The molecule has 29 heavy (non-hydrogen) atoms. The number of nitro groups is 2. The molecular formula is C20H18N2O6S. The summed E-state index contributed by atoms with van der Waals surface area (Å²) in [6.07, 6.45) is 4.94. The molecule has 150 valence electrons. The van der Waals surface area contributed by atoms with Crippen LogP contribution in [0.25, 0.3) is 6.08 Å². The smallest absolute Gasteiger partial charge is 0.270 e. The van der Waals surface area contributed by atoms with Crippen molar-refractivity contribution < 1.29 is 19.7 Å². The molecule has 0 unspecified atom stereocenters. The minimum Gasteiger partial charge on any atom is -0.396 e. The van der Waals surface area contributed by atoms with Crippen LogP contribution in [0, 0.1) is 20.2 Å². The van der Waals surface area contributed by atoms with E-state index < -0.39 is 9.85 Å². The van der Waals surface area contributed by atoms with Gasteiger partial charge in [-0.2, -0.15) is 11.8 Å². The van der Waals surface area contributed by atoms with E-state index in [2.05, 4.69) is 0 Å². The quantitative estimate of drug-likeness (QED) is 0.155. The number of ketones is 1. The number of nitro benzene ring substituents is 2. The maximum absolute atomic E-state index is 12.8. The number of hydrogen-bond donors (Lipinski definition) is 1. The molecule has 0 aliphatic heterocycles. The van der Waals surface area contributed by atoms with Gasteiger partial charge < -0.3 is 5.11 Å². The number of Topliss-reactive ketones (excluding diaryl/α,β-unsaturated/α-hetero) is 1. The van der Waals surface area contributed by atoms with Crippen molar-refractivity contribution in [2.45, 2.75) is 0 Å². The van der Waals surface area contributed by atoms with Gasteiger partial charge in [-0.05, 0) is 17.7 Å². The third-order valence-electron chi connectivity index (χ3n) is 3.79. The molecule has 0 fully saturated rings. The first-order valence-corrected chi connectivity index (χ1v) is 9.67. The number of nitrogens with zero attached hydrogens (tertiary/aromatic N) is 2. The van der Waals surface area contributed by atoms with Crippen LogP contribution in [0.2, 0.25) is 0 Å². The van der Waals surface area contributed by atoms with E-state index in [1.54, 1.807) is 30.4 Å². The molecule has 0 radical (unpaired) electrons. The number of rotatable bonds is 10. The van der Waals surface area contributed by atoms with E-state index in [9.17, 15) is 25.0 Å². The van der Waals surface area contributed by atoms with Crippen molar-refractivity contribution >= 4 is 35.0 Å². The summed E-state index contributed by atoms with van der Waals surface area (Å²) in [7, 11) is 0. The molecule has 0 aliphatic carbocycles. The number of non-ortho nitro benzene ring substituents is 2. The van der Waals surface area contributed by atoms with Crippen LogP contribution in [-0.2, 0) is 0 Å². The Balaban J connectivity index is 2.23. The number of aliphatic hydroxyl groups excluding tert-OH is 1. The summed E-state index contributed by atoms with van der Waals surface area (Å²) >= 11 is 1.36. The summed E-state index contributed by atoms with van der Waals surface area (Å²) in [5, 5.41) is 30.6. The van der Waals surface area contributed by atoms with Crippen LogP contribution in [0.3, 0.4) is 0 Å². The lowest BCUT2D eigenvalue weighted by Crippen LogP contribution is -2.07. The fourth-order valence-corrected chi connectivity index (χ4v) is 3.09. The van der Waals surface area contributed by atoms with E-state index in [-0.39, 0.29) is 29.3 Å². The summed E-state index contributed by atoms with van der Waals surface area (Å²) in [6, 6.07) is 11.5. The predicted molar refractivity (Wildman–Crippen MR) is 112 cm³/mol. The fraction of sp³-hybridized carbons (Fsp3) is 0.150. The van der Waals surface area contributed by atoms with Crippen molar-refractivity contribution in [2.24, 2.45) is 0 Å². The molecule has 2 aromatic carbocycles. The molecule has 0 saturated heterocycles. The molecule has 0 spiro atoms. The van der Waals surface area contributed by atoms with Crippen LogP contribution < -0.4 is 0 Å². The van der Waals surface area contributed by atoms with Crippen molar-refractivity contribution in [2.75, 3.05) is 18.1 Å². The summed E-state index contributed by atoms with van der Waals surface area (Å²) in [5.41, 5.74) is 1.16. The number of allylic oxidation sites excluding steroid dienone is 2. The summed E-state index contributed by atoms with van der Waals surface area (Å²) < 4.78 is 0. The monoisotopic (exact) mass is 414 g/mol. The molecule has 0 aromatic heterocycles. The molecule has 0 amide bonds. The van der Waals surface area contributed by atoms with Gasteiger partial charge in [0.05, 0.1) is 16.5 Å². The van der Waals surface area contributed by atoms with Gasteiger partial charge in [0.2, 0.25) is 0 Å². The minimum absolute atomic E-state index is 0.0142. The Kier molecular flexibility index (Phi) is 8.26. The molecule has 8 nitrogen and oxygen atoms in total. The zero-order valence-corrected chi connectivity index (χ0v) is 16.1. The van der Waals surface area contributed by atoms with Gasteiger partial charge in [0, 0.05) is 46.9 Å². The van der Waals surface area contributed by atoms with Crippen molar-refractivity contribution in [3.05, 3.63) is 97.6 Å². The Morgan fingerprint density at radius 2 is 1.72 bits per heavy atom. The second-order valence-corrected chi connectivity index (χ2v) is 6.92. The number of aliphatic hydroxyl groups is 1. The second-order valence-electron chi connectivity index (χ2n) is 5.81. The van der Waals surface area contributed by atoms with Gasteiger partial charge >= 0.3 is 0 Å². The highest BCUT2D eigenvalue weighted by Gasteiger charge is 2.15. The summed E-state index contributed by atoms with van der Waals surface area (Å²) in [5.74, 6) is 0.436. The van der Waals surface area contributed by atoms with Crippen LogP contribution >= 0.6 is 11.8 Å². The molecule has 2 rings (SSSR count). The molecule has 0 heterocycles. The first-order chi connectivity index (χ1) is 13.9. The normalized spacial score (nSPS) is 11.6. The Morgan fingerprint density at radius 1 is 1.03 bits per heavy atom. The Hall–Kier alpha value is -3.30. The van der Waals surface area contributed by atoms with E-state index in [1.807, 2.05) is 0 Å². The van der Waals surface area contributed by atoms with Crippen molar-refractivity contribution in [3.8, 4) is 0 Å². The molecular weight excluding hydrogens is 396 g/mol. The number of benzene rings is 2. The number of carbonyl (C=O) groups excluding carboxylic acids is 1. The molecule has 0 bridgehead atoms. The standard InChI is InChI=1S/C20H18N2O6S/c23-11-12-29-14-17(20(24)16-4-2-6-19(13-16)22(27)28)5-1-3-15-7-9-18(10-8-15)21(25)26/h1-10,13,23H,11-12,14H2/b3-1+,17-5+. The third kappa shape index (κ3) is 6.66. The lowest BCUT2D eigenvalue weighted by molar-refractivity contribution is -0.385. The van der Waals surface area contributed by atoms with Crippen LogP contribution in [0.5, 0.6) is 0 Å². The molecule has 0 saturated carbocycles. The molecule has 0 aliphatic rings. The largest absolute Gasteiger partial charge is 0.396 e. The van der Waals surface area contributed by atoms with Crippen LogP contribution in [0.1, 0.15) is 15.9 Å². The summed E-state index contributed by atoms with van der Waals surface area (Å²) in [6.45, 7) is -0.0262. The van der Waals surface area contributed by atoms with Gasteiger partial charge in [0.25, 0.3) is 11.4 Å². The SMILES string of the molecule is O=C(/C(=C/C=C/c1ccc([N+](=O)[O-])cc1)CSCCO)c1cccc([N+](=O)[O-])c1. The Bertz CT molecular complexity index is 954. The van der Waals surface area contributed by atoms with Crippen LogP contribution in [0.15, 0.2) is 66.3 Å². The maximum Gasteiger partial charge on any atom is 0.270 e. The van der Waals surface area contributed by atoms with E-state index in [0.717, 1.165) is 5.56 Å². The van der Waals surface area contributed by atoms with Crippen molar-refractivity contribution in [1.82, 2.24) is 0 Å². The van der Waals surface area contributed by atoms with Crippen LogP contribution in [-0.4, -0.2) is 38.8 Å². The fourth-order valence-electron chi connectivity index (χ4n) is 2.36. The zero-order chi connectivity index (χ0) is 21.2. The lowest BCUT2D eigenvalue weighted by Gasteiger charge is -2.06. The average molecular weight is 414 g/mol. The molecule has 1 N–H and O–H groups in total. The first kappa shape index (κ1) is 22.0. The minimum atomic E-state index is -0.560. The zero-order valence-electron chi connectivity index (χ0n) is 15.3. The molecule has 0 atom stereocenters. The number of hydrogen-bond acceptors (Lipinski definition) is 7. The summed E-state index contributed by atoms with van der Waals surface area (Å²) in [4.78, 5) is 33.4. The van der Waals surface area contributed by atoms with E-state index >= 15 is 0 Å². The predicted octanol–water partition coefficient (Wildman–Crippen LogP) is 4.05. The molecule has 9 heteroatoms. The number of carbonyl (C=O) groups is 1.